The number of rotatable bonds is 3. The highest BCUT2D eigenvalue weighted by Gasteiger charge is 2.26. The molecule has 1 aliphatic heterocycles. The van der Waals surface area contributed by atoms with Crippen molar-refractivity contribution in [1.29, 1.82) is 0 Å². The number of fused-ring (bicyclic) bond motifs is 1. The van der Waals surface area contributed by atoms with Gasteiger partial charge in [-0.15, -0.1) is 11.3 Å². The molecule has 1 N–H and O–H groups in total. The van der Waals surface area contributed by atoms with E-state index in [4.69, 9.17) is 0 Å². The maximum absolute atomic E-state index is 12.6. The van der Waals surface area contributed by atoms with Crippen molar-refractivity contribution in [3.05, 3.63) is 44.6 Å². The van der Waals surface area contributed by atoms with Gasteiger partial charge in [-0.25, -0.2) is 4.90 Å². The van der Waals surface area contributed by atoms with Crippen LogP contribution in [0.1, 0.15) is 17.4 Å². The zero-order valence-electron chi connectivity index (χ0n) is 12.1. The zero-order chi connectivity index (χ0) is 15.7. The number of hydrogen-bond acceptors (Lipinski definition) is 4. The van der Waals surface area contributed by atoms with E-state index in [1.165, 1.54) is 23.2 Å². The molecule has 4 nitrogen and oxygen atoms in total. The summed E-state index contributed by atoms with van der Waals surface area (Å²) in [4.78, 5) is 27.0. The maximum Gasteiger partial charge on any atom is 0.239 e. The number of amides is 2. The fraction of sp³-hybridized carbons (Fsp3) is 0.250. The third-order valence-corrected chi connectivity index (χ3v) is 4.91. The molecule has 6 heteroatoms. The summed E-state index contributed by atoms with van der Waals surface area (Å²) in [7, 11) is 0. The smallest absolute Gasteiger partial charge is 0.239 e. The standard InChI is InChI=1S/C16H15BrN2O2S/c1-10(20)19(15(21)9-13-3-2-6-22-13)14-8-12(17)7-11-4-5-18-16(11)14/h2-3,6-8,18H,4-5,9H2,1H3. The van der Waals surface area contributed by atoms with E-state index in [9.17, 15) is 9.59 Å². The summed E-state index contributed by atoms with van der Waals surface area (Å²) in [5, 5.41) is 5.21. The summed E-state index contributed by atoms with van der Waals surface area (Å²) < 4.78 is 0.875. The first kappa shape index (κ1) is 15.2. The van der Waals surface area contributed by atoms with Gasteiger partial charge in [0, 0.05) is 22.8 Å². The number of carbonyl (C=O) groups is 2. The third-order valence-electron chi connectivity index (χ3n) is 3.57. The van der Waals surface area contributed by atoms with Crippen molar-refractivity contribution in [2.75, 3.05) is 16.8 Å². The molecule has 0 saturated heterocycles. The number of nitrogens with zero attached hydrogens (tertiary/aromatic N) is 1. The summed E-state index contributed by atoms with van der Waals surface area (Å²) in [6, 6.07) is 7.67. The van der Waals surface area contributed by atoms with Gasteiger partial charge in [0.15, 0.2) is 0 Å². The molecule has 0 radical (unpaired) electrons. The second-order valence-corrected chi connectivity index (χ2v) is 7.09. The van der Waals surface area contributed by atoms with Gasteiger partial charge in [0.2, 0.25) is 11.8 Å². The first-order valence-corrected chi connectivity index (χ1v) is 8.65. The van der Waals surface area contributed by atoms with Crippen molar-refractivity contribution in [3.8, 4) is 0 Å². The van der Waals surface area contributed by atoms with E-state index in [0.29, 0.717) is 5.69 Å². The summed E-state index contributed by atoms with van der Waals surface area (Å²) in [5.74, 6) is -0.473. The average Bonchev–Trinajstić information content (AvgIpc) is 3.08. The van der Waals surface area contributed by atoms with E-state index >= 15 is 0 Å². The van der Waals surface area contributed by atoms with Gasteiger partial charge in [0.1, 0.15) is 0 Å². The molecular weight excluding hydrogens is 364 g/mol. The molecule has 3 rings (SSSR count). The van der Waals surface area contributed by atoms with Gasteiger partial charge < -0.3 is 5.32 Å². The fourth-order valence-corrected chi connectivity index (χ4v) is 3.86. The molecule has 0 spiro atoms. The third kappa shape index (κ3) is 2.94. The lowest BCUT2D eigenvalue weighted by Gasteiger charge is -2.22. The van der Waals surface area contributed by atoms with Crippen molar-refractivity contribution >= 4 is 50.5 Å². The number of anilines is 2. The molecule has 0 saturated carbocycles. The van der Waals surface area contributed by atoms with E-state index in [2.05, 4.69) is 21.2 Å². The molecule has 0 atom stereocenters. The van der Waals surface area contributed by atoms with E-state index in [0.717, 1.165) is 33.6 Å². The lowest BCUT2D eigenvalue weighted by Crippen LogP contribution is -2.36. The first-order valence-electron chi connectivity index (χ1n) is 6.98. The van der Waals surface area contributed by atoms with Crippen LogP contribution in [0.25, 0.3) is 0 Å². The lowest BCUT2D eigenvalue weighted by molar-refractivity contribution is -0.125. The second kappa shape index (κ2) is 6.22. The molecule has 2 amide bonds. The minimum absolute atomic E-state index is 0.205. The predicted octanol–water partition coefficient (Wildman–Crippen LogP) is 3.60. The molecule has 0 bridgehead atoms. The Kier molecular flexibility index (Phi) is 4.31. The van der Waals surface area contributed by atoms with E-state index in [1.807, 2.05) is 29.6 Å². The normalized spacial score (nSPS) is 12.6. The highest BCUT2D eigenvalue weighted by molar-refractivity contribution is 9.10. The van der Waals surface area contributed by atoms with E-state index in [1.54, 1.807) is 0 Å². The summed E-state index contributed by atoms with van der Waals surface area (Å²) >= 11 is 4.99. The summed E-state index contributed by atoms with van der Waals surface area (Å²) in [6.07, 6.45) is 1.13. The van der Waals surface area contributed by atoms with E-state index in [-0.39, 0.29) is 18.2 Å². The molecule has 22 heavy (non-hydrogen) atoms. The van der Waals surface area contributed by atoms with Crippen LogP contribution < -0.4 is 10.2 Å². The number of imide groups is 1. The molecule has 0 fully saturated rings. The van der Waals surface area contributed by atoms with Crippen LogP contribution >= 0.6 is 27.3 Å². The second-order valence-electron chi connectivity index (χ2n) is 5.14. The van der Waals surface area contributed by atoms with Crippen molar-refractivity contribution in [3.63, 3.8) is 0 Å². The molecule has 1 aliphatic rings. The molecular formula is C16H15BrN2O2S. The molecule has 0 aliphatic carbocycles. The minimum atomic E-state index is -0.268. The number of nitrogens with one attached hydrogen (secondary N) is 1. The van der Waals surface area contributed by atoms with Crippen LogP contribution in [0.5, 0.6) is 0 Å². The quantitative estimate of drug-likeness (QED) is 0.887. The first-order chi connectivity index (χ1) is 10.6. The Hall–Kier alpha value is -1.66. The van der Waals surface area contributed by atoms with Gasteiger partial charge in [0.05, 0.1) is 17.8 Å². The number of benzene rings is 1. The van der Waals surface area contributed by atoms with Gasteiger partial charge in [-0.05, 0) is 35.6 Å². The average molecular weight is 379 g/mol. The SMILES string of the molecule is CC(=O)N(C(=O)Cc1cccs1)c1cc(Br)cc2c1NCC2. The van der Waals surface area contributed by atoms with Gasteiger partial charge in [0.25, 0.3) is 0 Å². The fourth-order valence-electron chi connectivity index (χ4n) is 2.67. The Labute approximate surface area is 141 Å². The van der Waals surface area contributed by atoms with Crippen LogP contribution in [-0.2, 0) is 22.4 Å². The van der Waals surface area contributed by atoms with Crippen LogP contribution in [0.3, 0.4) is 0 Å². The van der Waals surface area contributed by atoms with Crippen molar-refractivity contribution in [2.24, 2.45) is 0 Å². The highest BCUT2D eigenvalue weighted by Crippen LogP contribution is 2.37. The maximum atomic E-state index is 12.6. The molecule has 2 aromatic rings. The Morgan fingerprint density at radius 3 is 2.91 bits per heavy atom. The minimum Gasteiger partial charge on any atom is -0.383 e. The number of carbonyl (C=O) groups excluding carboxylic acids is 2. The number of hydrogen-bond donors (Lipinski definition) is 1. The van der Waals surface area contributed by atoms with E-state index < -0.39 is 0 Å². The molecule has 1 aromatic heterocycles. The monoisotopic (exact) mass is 378 g/mol. The van der Waals surface area contributed by atoms with Crippen molar-refractivity contribution in [1.82, 2.24) is 0 Å². The van der Waals surface area contributed by atoms with Crippen molar-refractivity contribution < 1.29 is 9.59 Å². The number of halogens is 1. The summed E-state index contributed by atoms with van der Waals surface area (Å²) in [5.41, 5.74) is 2.65. The topological polar surface area (TPSA) is 49.4 Å². The Bertz CT molecular complexity index is 728. The Morgan fingerprint density at radius 1 is 1.41 bits per heavy atom. The van der Waals surface area contributed by atoms with Crippen LogP contribution in [0.15, 0.2) is 34.1 Å². The molecule has 0 unspecified atom stereocenters. The van der Waals surface area contributed by atoms with Gasteiger partial charge in [-0.1, -0.05) is 22.0 Å². The lowest BCUT2D eigenvalue weighted by atomic mass is 10.1. The molecule has 2 heterocycles. The van der Waals surface area contributed by atoms with Crippen LogP contribution in [0.2, 0.25) is 0 Å². The van der Waals surface area contributed by atoms with Crippen molar-refractivity contribution in [2.45, 2.75) is 19.8 Å². The highest BCUT2D eigenvalue weighted by atomic mass is 79.9. The summed E-state index contributed by atoms with van der Waals surface area (Å²) in [6.45, 7) is 2.25. The predicted molar refractivity (Wildman–Crippen MR) is 92.5 cm³/mol. The zero-order valence-corrected chi connectivity index (χ0v) is 14.5. The number of thiophene rings is 1. The Balaban J connectivity index is 1.98. The molecule has 114 valence electrons. The van der Waals surface area contributed by atoms with Gasteiger partial charge in [-0.2, -0.15) is 0 Å². The van der Waals surface area contributed by atoms with Crippen LogP contribution in [0, 0.1) is 0 Å². The van der Waals surface area contributed by atoms with Gasteiger partial charge >= 0.3 is 0 Å². The van der Waals surface area contributed by atoms with Crippen LogP contribution in [-0.4, -0.2) is 18.4 Å². The molecule has 1 aromatic carbocycles. The van der Waals surface area contributed by atoms with Crippen LogP contribution in [0.4, 0.5) is 11.4 Å². The van der Waals surface area contributed by atoms with Gasteiger partial charge in [-0.3, -0.25) is 9.59 Å². The Morgan fingerprint density at radius 2 is 2.23 bits per heavy atom. The largest absolute Gasteiger partial charge is 0.383 e.